The quantitative estimate of drug-likeness (QED) is 0.346. The summed E-state index contributed by atoms with van der Waals surface area (Å²) in [5.74, 6) is -0.294. The molecule has 2 amide bonds. The molecule has 4 nitrogen and oxygen atoms in total. The van der Waals surface area contributed by atoms with E-state index in [0.29, 0.717) is 18.7 Å². The molecular weight excluding hydrogens is 420 g/mol. The van der Waals surface area contributed by atoms with Crippen molar-refractivity contribution in [1.82, 2.24) is 10.6 Å². The molecule has 0 unspecified atom stereocenters. The summed E-state index contributed by atoms with van der Waals surface area (Å²) in [6, 6.07) is 35.3. The SMILES string of the molecule is O=C(/C=C/c1ccc(-c2ccccc2)cc1)NCc1ccc(C(=O)NCc2ccccc2)cc1. The summed E-state index contributed by atoms with van der Waals surface area (Å²) in [7, 11) is 0. The van der Waals surface area contributed by atoms with Gasteiger partial charge in [0, 0.05) is 24.7 Å². The molecule has 168 valence electrons. The summed E-state index contributed by atoms with van der Waals surface area (Å²) in [4.78, 5) is 24.5. The highest BCUT2D eigenvalue weighted by molar-refractivity contribution is 5.94. The molecule has 0 heterocycles. The molecule has 0 spiro atoms. The van der Waals surface area contributed by atoms with Crippen LogP contribution in [0, 0.1) is 0 Å². The summed E-state index contributed by atoms with van der Waals surface area (Å²) < 4.78 is 0. The lowest BCUT2D eigenvalue weighted by Crippen LogP contribution is -2.23. The first-order chi connectivity index (χ1) is 16.7. The van der Waals surface area contributed by atoms with Gasteiger partial charge in [-0.2, -0.15) is 0 Å². The fourth-order valence-electron chi connectivity index (χ4n) is 3.49. The molecule has 0 saturated carbocycles. The van der Waals surface area contributed by atoms with Gasteiger partial charge >= 0.3 is 0 Å². The lowest BCUT2D eigenvalue weighted by Gasteiger charge is -2.07. The molecule has 0 aromatic heterocycles. The number of carbonyl (C=O) groups is 2. The largest absolute Gasteiger partial charge is 0.348 e. The lowest BCUT2D eigenvalue weighted by molar-refractivity contribution is -0.116. The third kappa shape index (κ3) is 6.53. The van der Waals surface area contributed by atoms with Crippen molar-refractivity contribution in [3.05, 3.63) is 138 Å². The molecule has 0 aliphatic carbocycles. The van der Waals surface area contributed by atoms with E-state index in [2.05, 4.69) is 22.8 Å². The van der Waals surface area contributed by atoms with E-state index in [1.165, 1.54) is 6.08 Å². The summed E-state index contributed by atoms with van der Waals surface area (Å²) in [5, 5.41) is 5.79. The second kappa shape index (κ2) is 11.4. The van der Waals surface area contributed by atoms with Crippen molar-refractivity contribution in [2.75, 3.05) is 0 Å². The topological polar surface area (TPSA) is 58.2 Å². The molecule has 0 aliphatic heterocycles. The zero-order chi connectivity index (χ0) is 23.6. The zero-order valence-electron chi connectivity index (χ0n) is 18.8. The van der Waals surface area contributed by atoms with Gasteiger partial charge < -0.3 is 10.6 Å². The van der Waals surface area contributed by atoms with Crippen molar-refractivity contribution in [3.8, 4) is 11.1 Å². The Bertz CT molecular complexity index is 1250. The van der Waals surface area contributed by atoms with Gasteiger partial charge in [-0.25, -0.2) is 0 Å². The predicted octanol–water partition coefficient (Wildman–Crippen LogP) is 5.61. The molecule has 0 bridgehead atoms. The standard InChI is InChI=1S/C30H26N2O2/c33-29(20-15-23-11-16-27(17-12-23)26-9-5-2-6-10-26)31-21-25-13-18-28(19-14-25)30(34)32-22-24-7-3-1-4-8-24/h1-20H,21-22H2,(H,31,33)(H,32,34)/b20-15+. The van der Waals surface area contributed by atoms with E-state index in [1.54, 1.807) is 18.2 Å². The Morgan fingerprint density at radius 3 is 1.82 bits per heavy atom. The van der Waals surface area contributed by atoms with Crippen LogP contribution in [-0.4, -0.2) is 11.8 Å². The Hall–Kier alpha value is -4.44. The van der Waals surface area contributed by atoms with Crippen LogP contribution in [0.3, 0.4) is 0 Å². The Morgan fingerprint density at radius 2 is 1.15 bits per heavy atom. The first-order valence-electron chi connectivity index (χ1n) is 11.2. The number of benzene rings is 4. The summed E-state index contributed by atoms with van der Waals surface area (Å²) >= 11 is 0. The molecule has 4 rings (SSSR count). The molecule has 2 N–H and O–H groups in total. The molecule has 4 aromatic carbocycles. The van der Waals surface area contributed by atoms with Crippen LogP contribution in [0.15, 0.2) is 115 Å². The van der Waals surface area contributed by atoms with Crippen LogP contribution in [0.1, 0.15) is 27.0 Å². The van der Waals surface area contributed by atoms with Crippen LogP contribution in [0.5, 0.6) is 0 Å². The van der Waals surface area contributed by atoms with E-state index in [4.69, 9.17) is 0 Å². The maximum absolute atomic E-state index is 12.3. The number of nitrogens with one attached hydrogen (secondary N) is 2. The molecule has 0 fully saturated rings. The maximum atomic E-state index is 12.3. The minimum atomic E-state index is -0.170. The Balaban J connectivity index is 1.24. The van der Waals surface area contributed by atoms with Gasteiger partial charge in [-0.3, -0.25) is 9.59 Å². The van der Waals surface area contributed by atoms with Crippen LogP contribution >= 0.6 is 0 Å². The van der Waals surface area contributed by atoms with Crippen molar-refractivity contribution >= 4 is 17.9 Å². The second-order valence-electron chi connectivity index (χ2n) is 7.90. The maximum Gasteiger partial charge on any atom is 0.251 e. The molecule has 0 aliphatic rings. The molecule has 0 radical (unpaired) electrons. The van der Waals surface area contributed by atoms with E-state index < -0.39 is 0 Å². The number of rotatable bonds is 8. The Labute approximate surface area is 200 Å². The van der Waals surface area contributed by atoms with Crippen LogP contribution < -0.4 is 10.6 Å². The van der Waals surface area contributed by atoms with Crippen LogP contribution in [0.2, 0.25) is 0 Å². The fraction of sp³-hybridized carbons (Fsp3) is 0.0667. The number of carbonyl (C=O) groups excluding carboxylic acids is 2. The van der Waals surface area contributed by atoms with Crippen molar-refractivity contribution in [2.45, 2.75) is 13.1 Å². The van der Waals surface area contributed by atoms with Crippen molar-refractivity contribution in [2.24, 2.45) is 0 Å². The molecule has 4 aromatic rings. The van der Waals surface area contributed by atoms with Crippen LogP contribution in [0.4, 0.5) is 0 Å². The molecule has 4 heteroatoms. The van der Waals surface area contributed by atoms with Gasteiger partial charge in [0.25, 0.3) is 5.91 Å². The minimum absolute atomic E-state index is 0.124. The average Bonchev–Trinajstić information content (AvgIpc) is 2.91. The van der Waals surface area contributed by atoms with E-state index in [9.17, 15) is 9.59 Å². The number of amides is 2. The fourth-order valence-corrected chi connectivity index (χ4v) is 3.49. The highest BCUT2D eigenvalue weighted by atomic mass is 16.2. The Morgan fingerprint density at radius 1 is 0.588 bits per heavy atom. The molecule has 0 atom stereocenters. The van der Waals surface area contributed by atoms with Gasteiger partial charge in [-0.1, -0.05) is 97.1 Å². The van der Waals surface area contributed by atoms with Crippen LogP contribution in [-0.2, 0) is 17.9 Å². The highest BCUT2D eigenvalue weighted by Crippen LogP contribution is 2.19. The number of hydrogen-bond acceptors (Lipinski definition) is 2. The predicted molar refractivity (Wildman–Crippen MR) is 137 cm³/mol. The van der Waals surface area contributed by atoms with Crippen molar-refractivity contribution in [3.63, 3.8) is 0 Å². The normalized spacial score (nSPS) is 10.7. The van der Waals surface area contributed by atoms with Gasteiger partial charge in [0.2, 0.25) is 5.91 Å². The Kier molecular flexibility index (Phi) is 7.65. The van der Waals surface area contributed by atoms with Crippen molar-refractivity contribution in [1.29, 1.82) is 0 Å². The summed E-state index contributed by atoms with van der Waals surface area (Å²) in [5.41, 5.74) is 5.82. The van der Waals surface area contributed by atoms with E-state index in [1.807, 2.05) is 84.9 Å². The first kappa shape index (κ1) is 22.7. The average molecular weight is 447 g/mol. The molecule has 0 saturated heterocycles. The monoisotopic (exact) mass is 446 g/mol. The van der Waals surface area contributed by atoms with E-state index in [0.717, 1.165) is 27.8 Å². The third-order valence-electron chi connectivity index (χ3n) is 5.42. The van der Waals surface area contributed by atoms with E-state index in [-0.39, 0.29) is 11.8 Å². The molecule has 34 heavy (non-hydrogen) atoms. The van der Waals surface area contributed by atoms with Gasteiger partial charge in [-0.15, -0.1) is 0 Å². The van der Waals surface area contributed by atoms with Crippen molar-refractivity contribution < 1.29 is 9.59 Å². The zero-order valence-corrected chi connectivity index (χ0v) is 18.8. The molecular formula is C30H26N2O2. The van der Waals surface area contributed by atoms with Gasteiger partial charge in [0.1, 0.15) is 0 Å². The van der Waals surface area contributed by atoms with Crippen LogP contribution in [0.25, 0.3) is 17.2 Å². The van der Waals surface area contributed by atoms with Gasteiger partial charge in [-0.05, 0) is 46.0 Å². The minimum Gasteiger partial charge on any atom is -0.348 e. The summed E-state index contributed by atoms with van der Waals surface area (Å²) in [6.07, 6.45) is 3.33. The van der Waals surface area contributed by atoms with Gasteiger partial charge in [0.15, 0.2) is 0 Å². The highest BCUT2D eigenvalue weighted by Gasteiger charge is 2.05. The second-order valence-corrected chi connectivity index (χ2v) is 7.90. The van der Waals surface area contributed by atoms with E-state index >= 15 is 0 Å². The summed E-state index contributed by atoms with van der Waals surface area (Å²) in [6.45, 7) is 0.876. The lowest BCUT2D eigenvalue weighted by atomic mass is 10.0. The third-order valence-corrected chi connectivity index (χ3v) is 5.42. The smallest absolute Gasteiger partial charge is 0.251 e. The van der Waals surface area contributed by atoms with Gasteiger partial charge in [0.05, 0.1) is 0 Å². The number of hydrogen-bond donors (Lipinski definition) is 2. The first-order valence-corrected chi connectivity index (χ1v) is 11.2.